The highest BCUT2D eigenvalue weighted by atomic mass is 31.2. The zero-order valence-corrected chi connectivity index (χ0v) is 15.5. The molecule has 1 aromatic rings. The molecule has 0 bridgehead atoms. The zero-order chi connectivity index (χ0) is 15.9. The molecular formula is C15H30N3OPSi. The Hall–Kier alpha value is -0.613. The first-order chi connectivity index (χ1) is 9.87. The van der Waals surface area contributed by atoms with E-state index in [1.165, 1.54) is 42.6 Å². The number of hydrogen-bond donors (Lipinski definition) is 3. The first-order valence-electron chi connectivity index (χ1n) is 7.93. The number of anilines is 1. The van der Waals surface area contributed by atoms with Crippen LogP contribution in [0, 0.1) is 0 Å². The molecule has 0 atom stereocenters. The van der Waals surface area contributed by atoms with Gasteiger partial charge < -0.3 is 5.09 Å². The van der Waals surface area contributed by atoms with Crippen LogP contribution in [0.25, 0.3) is 0 Å². The molecule has 1 rings (SSSR count). The largest absolute Gasteiger partial charge is 0.313 e. The second kappa shape index (κ2) is 8.13. The van der Waals surface area contributed by atoms with E-state index >= 15 is 0 Å². The van der Waals surface area contributed by atoms with Crippen LogP contribution < -0.4 is 21.3 Å². The fraction of sp³-hybridized carbons (Fsp3) is 0.600. The van der Waals surface area contributed by atoms with Crippen LogP contribution in [0.1, 0.15) is 40.0 Å². The zero-order valence-electron chi connectivity index (χ0n) is 13.6. The molecule has 1 aromatic carbocycles. The third-order valence-electron chi connectivity index (χ3n) is 3.99. The molecule has 21 heavy (non-hydrogen) atoms. The first-order valence-corrected chi connectivity index (χ1v) is 12.4. The summed E-state index contributed by atoms with van der Waals surface area (Å²) in [5, 5.41) is 4.18. The van der Waals surface area contributed by atoms with E-state index in [4.69, 9.17) is 11.0 Å². The SMILES string of the molecule is CCC[Si](CCC)(CCC)c1ccc(NP(N)(N)=O)cc1. The van der Waals surface area contributed by atoms with Gasteiger partial charge >= 0.3 is 0 Å². The van der Waals surface area contributed by atoms with Crippen molar-refractivity contribution in [1.82, 2.24) is 0 Å². The maximum Gasteiger partial charge on any atom is 0.298 e. The summed E-state index contributed by atoms with van der Waals surface area (Å²) >= 11 is 0. The molecule has 0 aliphatic carbocycles. The average molecular weight is 327 g/mol. The monoisotopic (exact) mass is 327 g/mol. The van der Waals surface area contributed by atoms with Gasteiger partial charge in [-0.2, -0.15) is 0 Å². The van der Waals surface area contributed by atoms with Gasteiger partial charge in [0.15, 0.2) is 0 Å². The van der Waals surface area contributed by atoms with Gasteiger partial charge in [-0.05, 0) is 12.1 Å². The van der Waals surface area contributed by atoms with Crippen LogP contribution in [-0.2, 0) is 4.57 Å². The van der Waals surface area contributed by atoms with Crippen molar-refractivity contribution in [3.63, 3.8) is 0 Å². The molecule has 0 unspecified atom stereocenters. The van der Waals surface area contributed by atoms with Gasteiger partial charge in [-0.15, -0.1) is 0 Å². The van der Waals surface area contributed by atoms with Crippen molar-refractivity contribution in [2.75, 3.05) is 5.09 Å². The summed E-state index contributed by atoms with van der Waals surface area (Å²) in [7, 11) is -4.63. The van der Waals surface area contributed by atoms with Gasteiger partial charge in [0.25, 0.3) is 7.59 Å². The highest BCUT2D eigenvalue weighted by Crippen LogP contribution is 2.29. The van der Waals surface area contributed by atoms with Gasteiger partial charge in [-0.1, -0.05) is 75.5 Å². The maximum absolute atomic E-state index is 11.4. The van der Waals surface area contributed by atoms with Crippen LogP contribution in [0.2, 0.25) is 18.1 Å². The normalized spacial score (nSPS) is 12.4. The van der Waals surface area contributed by atoms with E-state index in [0.717, 1.165) is 5.69 Å². The predicted molar refractivity (Wildman–Crippen MR) is 96.7 cm³/mol. The summed E-state index contributed by atoms with van der Waals surface area (Å²) in [5.74, 6) is 0. The van der Waals surface area contributed by atoms with Gasteiger partial charge in [0.1, 0.15) is 0 Å². The molecule has 0 saturated heterocycles. The summed E-state index contributed by atoms with van der Waals surface area (Å²) in [6.07, 6.45) is 3.73. The Morgan fingerprint density at radius 1 is 0.952 bits per heavy atom. The molecule has 0 aromatic heterocycles. The summed E-state index contributed by atoms with van der Waals surface area (Å²) in [6.45, 7) is 6.84. The van der Waals surface area contributed by atoms with Crippen LogP contribution in [0.4, 0.5) is 5.69 Å². The molecule has 5 N–H and O–H groups in total. The Balaban J connectivity index is 3.05. The predicted octanol–water partition coefficient (Wildman–Crippen LogP) is 4.01. The van der Waals surface area contributed by atoms with E-state index in [1.807, 2.05) is 12.1 Å². The molecule has 120 valence electrons. The van der Waals surface area contributed by atoms with Gasteiger partial charge in [-0.25, -0.2) is 0 Å². The van der Waals surface area contributed by atoms with E-state index in [-0.39, 0.29) is 0 Å². The van der Waals surface area contributed by atoms with Crippen molar-refractivity contribution in [2.24, 2.45) is 11.0 Å². The van der Waals surface area contributed by atoms with Crippen molar-refractivity contribution in [3.8, 4) is 0 Å². The minimum Gasteiger partial charge on any atom is -0.313 e. The summed E-state index contributed by atoms with van der Waals surface area (Å²) in [4.78, 5) is 0. The molecule has 6 heteroatoms. The van der Waals surface area contributed by atoms with Crippen LogP contribution in [0.5, 0.6) is 0 Å². The minimum atomic E-state index is -3.22. The molecule has 0 fully saturated rings. The fourth-order valence-corrected chi connectivity index (χ4v) is 9.26. The Bertz CT molecular complexity index is 455. The van der Waals surface area contributed by atoms with Gasteiger partial charge in [0.2, 0.25) is 0 Å². The van der Waals surface area contributed by atoms with E-state index in [2.05, 4.69) is 38.0 Å². The fourth-order valence-electron chi connectivity index (χ4n) is 3.34. The average Bonchev–Trinajstić information content (AvgIpc) is 2.38. The Labute approximate surface area is 130 Å². The lowest BCUT2D eigenvalue weighted by atomic mass is 10.3. The number of rotatable bonds is 9. The Morgan fingerprint density at radius 2 is 1.38 bits per heavy atom. The molecule has 0 spiro atoms. The molecule has 0 heterocycles. The van der Waals surface area contributed by atoms with E-state index in [9.17, 15) is 4.57 Å². The standard InChI is InChI=1S/C15H30N3OPSi/c1-4-11-21(12-5-2,13-6-3)15-9-7-14(8-10-15)18-20(16,17)19/h7-10H,4-6,11-13H2,1-3H3,(H5,16,17,18,19). The first kappa shape index (κ1) is 18.4. The summed E-state index contributed by atoms with van der Waals surface area (Å²) < 4.78 is 11.4. The van der Waals surface area contributed by atoms with Crippen LogP contribution in [0.3, 0.4) is 0 Å². The second-order valence-corrected chi connectivity index (χ2v) is 12.2. The number of nitrogens with two attached hydrogens (primary N) is 2. The number of benzene rings is 1. The number of hydrogen-bond acceptors (Lipinski definition) is 1. The van der Waals surface area contributed by atoms with Crippen molar-refractivity contribution in [1.29, 1.82) is 0 Å². The van der Waals surface area contributed by atoms with Gasteiger partial charge in [0.05, 0.1) is 8.07 Å². The lowest BCUT2D eigenvalue weighted by Gasteiger charge is -2.32. The van der Waals surface area contributed by atoms with Crippen LogP contribution >= 0.6 is 7.59 Å². The smallest absolute Gasteiger partial charge is 0.298 e. The van der Waals surface area contributed by atoms with Crippen molar-refractivity contribution in [2.45, 2.75) is 58.2 Å². The van der Waals surface area contributed by atoms with Crippen molar-refractivity contribution < 1.29 is 4.57 Å². The Morgan fingerprint density at radius 3 is 1.71 bits per heavy atom. The van der Waals surface area contributed by atoms with E-state index in [1.54, 1.807) is 0 Å². The third-order valence-corrected chi connectivity index (χ3v) is 10.5. The second-order valence-electron chi connectivity index (χ2n) is 5.93. The molecular weight excluding hydrogens is 297 g/mol. The topological polar surface area (TPSA) is 81.1 Å². The Kier molecular flexibility index (Phi) is 7.14. The van der Waals surface area contributed by atoms with Crippen molar-refractivity contribution >= 4 is 26.5 Å². The van der Waals surface area contributed by atoms with Crippen molar-refractivity contribution in [3.05, 3.63) is 24.3 Å². The molecule has 0 radical (unpaired) electrons. The van der Waals surface area contributed by atoms with E-state index < -0.39 is 15.7 Å². The molecule has 0 saturated carbocycles. The third kappa shape index (κ3) is 5.59. The quantitative estimate of drug-likeness (QED) is 0.473. The highest BCUT2D eigenvalue weighted by Gasteiger charge is 2.32. The van der Waals surface area contributed by atoms with Gasteiger partial charge in [-0.3, -0.25) is 15.6 Å². The van der Waals surface area contributed by atoms with Crippen LogP contribution in [0.15, 0.2) is 24.3 Å². The maximum atomic E-state index is 11.4. The molecule has 0 aliphatic rings. The lowest BCUT2D eigenvalue weighted by molar-refractivity contribution is 0.580. The summed E-state index contributed by atoms with van der Waals surface area (Å²) in [5.41, 5.74) is 11.5. The molecule has 4 nitrogen and oxygen atoms in total. The van der Waals surface area contributed by atoms with Crippen LogP contribution in [-0.4, -0.2) is 8.07 Å². The number of nitrogens with one attached hydrogen (secondary N) is 1. The summed E-state index contributed by atoms with van der Waals surface area (Å²) in [6, 6.07) is 12.3. The molecule has 0 aliphatic heterocycles. The highest BCUT2D eigenvalue weighted by molar-refractivity contribution is 7.60. The van der Waals surface area contributed by atoms with Gasteiger partial charge in [0, 0.05) is 5.69 Å². The molecule has 0 amide bonds. The minimum absolute atomic E-state index is 0.736. The lowest BCUT2D eigenvalue weighted by Crippen LogP contribution is -2.47. The van der Waals surface area contributed by atoms with E-state index in [0.29, 0.717) is 0 Å².